The van der Waals surface area contributed by atoms with E-state index in [9.17, 15) is 13.2 Å². The Balaban J connectivity index is 2.15. The molecule has 0 aliphatic carbocycles. The second-order valence-corrected chi connectivity index (χ2v) is 8.31. The maximum Gasteiger partial charge on any atom is 0.267 e. The van der Waals surface area contributed by atoms with Gasteiger partial charge in [0.05, 0.1) is 16.5 Å². The van der Waals surface area contributed by atoms with Crippen LogP contribution in [0.1, 0.15) is 31.1 Å². The van der Waals surface area contributed by atoms with Crippen LogP contribution >= 0.6 is 22.9 Å². The van der Waals surface area contributed by atoms with Crippen LogP contribution in [0, 0.1) is 6.92 Å². The molecule has 0 aliphatic heterocycles. The van der Waals surface area contributed by atoms with Gasteiger partial charge in [-0.25, -0.2) is 13.1 Å². The summed E-state index contributed by atoms with van der Waals surface area (Å²) in [7, 11) is -3.93. The van der Waals surface area contributed by atoms with Gasteiger partial charge in [-0.05, 0) is 37.8 Å². The number of carbonyl (C=O) groups excluding carboxylic acids is 1. The van der Waals surface area contributed by atoms with Gasteiger partial charge in [0.1, 0.15) is 4.90 Å². The summed E-state index contributed by atoms with van der Waals surface area (Å²) in [5.41, 5.74) is 1.03. The Labute approximate surface area is 138 Å². The molecule has 0 aromatic carbocycles. The summed E-state index contributed by atoms with van der Waals surface area (Å²) in [6.07, 6.45) is 1.39. The Morgan fingerprint density at radius 1 is 1.50 bits per heavy atom. The summed E-state index contributed by atoms with van der Waals surface area (Å²) in [5, 5.41) is 5.86. The summed E-state index contributed by atoms with van der Waals surface area (Å²) < 4.78 is 28.7. The number of hydrogen-bond acceptors (Lipinski definition) is 5. The van der Waals surface area contributed by atoms with Crippen molar-refractivity contribution in [3.05, 3.63) is 33.2 Å². The maximum atomic E-state index is 12.3. The molecule has 0 fully saturated rings. The van der Waals surface area contributed by atoms with Crippen molar-refractivity contribution in [1.82, 2.24) is 14.5 Å². The lowest BCUT2D eigenvalue weighted by atomic mass is 10.2. The fraction of sp³-hybridized carbons (Fsp3) is 0.385. The first-order valence-electron chi connectivity index (χ1n) is 6.53. The van der Waals surface area contributed by atoms with E-state index in [1.807, 2.05) is 13.8 Å². The van der Waals surface area contributed by atoms with Crippen molar-refractivity contribution in [3.63, 3.8) is 0 Å². The van der Waals surface area contributed by atoms with Crippen molar-refractivity contribution in [3.8, 4) is 0 Å². The molecule has 0 bridgehead atoms. The molecule has 2 aromatic heterocycles. The summed E-state index contributed by atoms with van der Waals surface area (Å²) in [6, 6.07) is 1.67. The molecule has 0 unspecified atom stereocenters. The van der Waals surface area contributed by atoms with E-state index >= 15 is 0 Å². The molecule has 120 valence electrons. The zero-order valence-electron chi connectivity index (χ0n) is 12.3. The number of aromatic nitrogens is 2. The number of sulfonamides is 1. The average molecular weight is 362 g/mol. The second-order valence-electron chi connectivity index (χ2n) is 5.12. The normalized spacial score (nSPS) is 11.9. The molecule has 0 radical (unpaired) electrons. The minimum absolute atomic E-state index is 0.0119. The smallest absolute Gasteiger partial charge is 0.267 e. The summed E-state index contributed by atoms with van der Waals surface area (Å²) in [6.45, 7) is 5.38. The minimum Gasteiger partial charge on any atom is -0.274 e. The third-order valence-corrected chi connectivity index (χ3v) is 5.54. The first kappa shape index (κ1) is 17.0. The Bertz CT molecular complexity index is 793. The predicted octanol–water partition coefficient (Wildman–Crippen LogP) is 2.53. The van der Waals surface area contributed by atoms with Crippen LogP contribution in [-0.2, 0) is 21.2 Å². The SMILES string of the molecule is Cc1nn(C(C)C)cc1S(=O)(=O)NC(=O)Cc1csc(Cl)c1. The number of nitrogens with zero attached hydrogens (tertiary/aromatic N) is 2. The number of hydrogen-bond donors (Lipinski definition) is 1. The van der Waals surface area contributed by atoms with Crippen LogP contribution in [0.25, 0.3) is 0 Å². The summed E-state index contributed by atoms with van der Waals surface area (Å²) >= 11 is 7.08. The van der Waals surface area contributed by atoms with Crippen LogP contribution in [0.15, 0.2) is 22.5 Å². The van der Waals surface area contributed by atoms with Gasteiger partial charge in [-0.2, -0.15) is 5.10 Å². The van der Waals surface area contributed by atoms with E-state index in [4.69, 9.17) is 11.6 Å². The van der Waals surface area contributed by atoms with E-state index in [0.717, 1.165) is 0 Å². The van der Waals surface area contributed by atoms with Gasteiger partial charge >= 0.3 is 0 Å². The first-order chi connectivity index (χ1) is 10.2. The van der Waals surface area contributed by atoms with Crippen LogP contribution < -0.4 is 4.72 Å². The zero-order valence-corrected chi connectivity index (χ0v) is 14.7. The fourth-order valence-electron chi connectivity index (χ4n) is 1.86. The van der Waals surface area contributed by atoms with E-state index in [1.54, 1.807) is 23.1 Å². The number of carbonyl (C=O) groups is 1. The van der Waals surface area contributed by atoms with E-state index < -0.39 is 15.9 Å². The van der Waals surface area contributed by atoms with Crippen molar-refractivity contribution in [2.24, 2.45) is 0 Å². The Hall–Kier alpha value is -1.38. The molecule has 0 atom stereocenters. The average Bonchev–Trinajstić information content (AvgIpc) is 2.95. The first-order valence-corrected chi connectivity index (χ1v) is 9.27. The van der Waals surface area contributed by atoms with Crippen LogP contribution in [-0.4, -0.2) is 24.1 Å². The highest BCUT2D eigenvalue weighted by Crippen LogP contribution is 2.20. The monoisotopic (exact) mass is 361 g/mol. The van der Waals surface area contributed by atoms with Gasteiger partial charge < -0.3 is 0 Å². The summed E-state index contributed by atoms with van der Waals surface area (Å²) in [5.74, 6) is -0.605. The Morgan fingerprint density at radius 2 is 2.18 bits per heavy atom. The molecular formula is C13H16ClN3O3S2. The van der Waals surface area contributed by atoms with Crippen molar-refractivity contribution in [1.29, 1.82) is 0 Å². The van der Waals surface area contributed by atoms with Crippen LogP contribution in [0.4, 0.5) is 0 Å². The maximum absolute atomic E-state index is 12.3. The van der Waals surface area contributed by atoms with Gasteiger partial charge in [-0.1, -0.05) is 11.6 Å². The molecule has 0 spiro atoms. The number of halogens is 1. The molecule has 0 saturated heterocycles. The third kappa shape index (κ3) is 3.88. The number of thiophene rings is 1. The van der Waals surface area contributed by atoms with Crippen molar-refractivity contribution in [2.75, 3.05) is 0 Å². The molecule has 2 rings (SSSR count). The van der Waals surface area contributed by atoms with E-state index in [0.29, 0.717) is 15.6 Å². The lowest BCUT2D eigenvalue weighted by Crippen LogP contribution is -2.31. The van der Waals surface area contributed by atoms with Gasteiger partial charge in [0, 0.05) is 12.2 Å². The molecule has 0 aliphatic rings. The van der Waals surface area contributed by atoms with Crippen molar-refractivity contribution in [2.45, 2.75) is 38.1 Å². The van der Waals surface area contributed by atoms with Crippen molar-refractivity contribution < 1.29 is 13.2 Å². The molecule has 9 heteroatoms. The molecule has 2 heterocycles. The van der Waals surface area contributed by atoms with Gasteiger partial charge in [0.25, 0.3) is 10.0 Å². The molecular weight excluding hydrogens is 346 g/mol. The second kappa shape index (κ2) is 6.39. The van der Waals surface area contributed by atoms with E-state index in [2.05, 4.69) is 9.82 Å². The van der Waals surface area contributed by atoms with Crippen LogP contribution in [0.2, 0.25) is 4.34 Å². The lowest BCUT2D eigenvalue weighted by molar-refractivity contribution is -0.118. The Kier molecular flexibility index (Phi) is 4.93. The lowest BCUT2D eigenvalue weighted by Gasteiger charge is -2.05. The number of aryl methyl sites for hydroxylation is 1. The fourth-order valence-corrected chi connectivity index (χ4v) is 3.92. The molecule has 22 heavy (non-hydrogen) atoms. The molecule has 1 amide bonds. The highest BCUT2D eigenvalue weighted by Gasteiger charge is 2.23. The molecule has 6 nitrogen and oxygen atoms in total. The number of amides is 1. The van der Waals surface area contributed by atoms with Crippen LogP contribution in [0.3, 0.4) is 0 Å². The minimum atomic E-state index is -3.93. The standard InChI is InChI=1S/C13H16ClN3O3S2/c1-8(2)17-6-11(9(3)15-17)22(19,20)16-13(18)5-10-4-12(14)21-7-10/h4,6-8H,5H2,1-3H3,(H,16,18). The predicted molar refractivity (Wildman–Crippen MR) is 85.7 cm³/mol. The van der Waals surface area contributed by atoms with Crippen LogP contribution in [0.5, 0.6) is 0 Å². The van der Waals surface area contributed by atoms with Gasteiger partial charge in [-0.3, -0.25) is 9.48 Å². The van der Waals surface area contributed by atoms with E-state index in [1.165, 1.54) is 17.5 Å². The van der Waals surface area contributed by atoms with E-state index in [-0.39, 0.29) is 17.4 Å². The third-order valence-electron chi connectivity index (χ3n) is 2.92. The topological polar surface area (TPSA) is 81.1 Å². The zero-order chi connectivity index (χ0) is 16.5. The molecule has 0 saturated carbocycles. The van der Waals surface area contributed by atoms with Gasteiger partial charge in [0.2, 0.25) is 5.91 Å². The largest absolute Gasteiger partial charge is 0.274 e. The highest BCUT2D eigenvalue weighted by atomic mass is 35.5. The highest BCUT2D eigenvalue weighted by molar-refractivity contribution is 7.90. The molecule has 2 aromatic rings. The van der Waals surface area contributed by atoms with Gasteiger partial charge in [-0.15, -0.1) is 11.3 Å². The molecule has 1 N–H and O–H groups in total. The van der Waals surface area contributed by atoms with Crippen molar-refractivity contribution >= 4 is 38.9 Å². The van der Waals surface area contributed by atoms with Gasteiger partial charge in [0.15, 0.2) is 0 Å². The number of rotatable bonds is 5. The quantitative estimate of drug-likeness (QED) is 0.887. The Morgan fingerprint density at radius 3 is 2.68 bits per heavy atom. The summed E-state index contributed by atoms with van der Waals surface area (Å²) in [4.78, 5) is 11.9. The number of nitrogens with one attached hydrogen (secondary N) is 1.